The summed E-state index contributed by atoms with van der Waals surface area (Å²) >= 11 is 6.16. The molecule has 0 fully saturated rings. The van der Waals surface area contributed by atoms with Crippen LogP contribution in [0.5, 0.6) is 0 Å². The third-order valence-corrected chi connectivity index (χ3v) is 6.53. The molecule has 3 amide bonds. The summed E-state index contributed by atoms with van der Waals surface area (Å²) in [7, 11) is 1.59. The van der Waals surface area contributed by atoms with Crippen molar-refractivity contribution in [3.8, 4) is 0 Å². The quantitative estimate of drug-likeness (QED) is 0.544. The zero-order chi connectivity index (χ0) is 24.3. The van der Waals surface area contributed by atoms with Crippen LogP contribution in [0.3, 0.4) is 0 Å². The van der Waals surface area contributed by atoms with Crippen LogP contribution in [-0.2, 0) is 24.3 Å². The van der Waals surface area contributed by atoms with E-state index in [1.165, 1.54) is 15.6 Å². The van der Waals surface area contributed by atoms with Crippen molar-refractivity contribution < 1.29 is 14.4 Å². The van der Waals surface area contributed by atoms with Gasteiger partial charge < -0.3 is 15.5 Å². The van der Waals surface area contributed by atoms with E-state index in [9.17, 15) is 14.4 Å². The van der Waals surface area contributed by atoms with Gasteiger partial charge in [-0.2, -0.15) is 5.10 Å². The minimum Gasteiger partial charge on any atom is -0.350 e. The number of aromatic nitrogens is 2. The van der Waals surface area contributed by atoms with Crippen molar-refractivity contribution >= 4 is 29.3 Å². The molecular formula is C25H26ClN5O3. The highest BCUT2D eigenvalue weighted by Crippen LogP contribution is 2.26. The van der Waals surface area contributed by atoms with Crippen molar-refractivity contribution in [3.05, 3.63) is 88.2 Å². The zero-order valence-corrected chi connectivity index (χ0v) is 19.8. The van der Waals surface area contributed by atoms with Crippen LogP contribution < -0.4 is 10.6 Å². The highest BCUT2D eigenvalue weighted by molar-refractivity contribution is 6.31. The van der Waals surface area contributed by atoms with Gasteiger partial charge in [0.05, 0.1) is 6.54 Å². The smallest absolute Gasteiger partial charge is 0.272 e. The highest BCUT2D eigenvalue weighted by atomic mass is 35.5. The number of carbonyl (C=O) groups is 3. The molecule has 0 bridgehead atoms. The van der Waals surface area contributed by atoms with Gasteiger partial charge in [-0.3, -0.25) is 19.1 Å². The molecule has 3 aromatic rings. The summed E-state index contributed by atoms with van der Waals surface area (Å²) < 4.78 is 1.44. The summed E-state index contributed by atoms with van der Waals surface area (Å²) in [5.74, 6) is -1.05. The van der Waals surface area contributed by atoms with Crippen LogP contribution in [0.25, 0.3) is 0 Å². The maximum absolute atomic E-state index is 13.1. The fourth-order valence-corrected chi connectivity index (χ4v) is 4.14. The van der Waals surface area contributed by atoms with Crippen molar-refractivity contribution in [1.82, 2.24) is 25.3 Å². The van der Waals surface area contributed by atoms with Gasteiger partial charge in [0.1, 0.15) is 11.2 Å². The lowest BCUT2D eigenvalue weighted by Crippen LogP contribution is -2.62. The lowest BCUT2D eigenvalue weighted by Gasteiger charge is -2.40. The largest absolute Gasteiger partial charge is 0.350 e. The standard InChI is InChI=1S/C25H26ClN5O3/c1-25(24(34)28-15-17-8-4-3-5-9-17)16-31-21(23(33)30(25)2)14-20(29-31)22(32)27-13-12-18-10-6-7-11-19(18)26/h3-11,14H,12-13,15-16H2,1-2H3,(H,27,32)(H,28,34)/t25-/m1/s1. The van der Waals surface area contributed by atoms with E-state index in [1.54, 1.807) is 20.0 Å². The number of benzene rings is 2. The molecule has 1 aromatic heterocycles. The van der Waals surface area contributed by atoms with Gasteiger partial charge in [-0.15, -0.1) is 0 Å². The van der Waals surface area contributed by atoms with Crippen LogP contribution in [0, 0.1) is 0 Å². The molecule has 0 saturated carbocycles. The Morgan fingerprint density at radius 2 is 1.79 bits per heavy atom. The van der Waals surface area contributed by atoms with Crippen LogP contribution in [0.4, 0.5) is 0 Å². The number of hydrogen-bond acceptors (Lipinski definition) is 4. The monoisotopic (exact) mass is 479 g/mol. The van der Waals surface area contributed by atoms with Crippen molar-refractivity contribution in [2.45, 2.75) is 32.0 Å². The van der Waals surface area contributed by atoms with E-state index in [0.717, 1.165) is 11.1 Å². The minimum atomic E-state index is -1.15. The van der Waals surface area contributed by atoms with Gasteiger partial charge in [-0.1, -0.05) is 60.1 Å². The van der Waals surface area contributed by atoms with E-state index in [1.807, 2.05) is 48.5 Å². The van der Waals surface area contributed by atoms with Crippen LogP contribution >= 0.6 is 11.6 Å². The van der Waals surface area contributed by atoms with E-state index in [4.69, 9.17) is 11.6 Å². The second kappa shape index (κ2) is 9.69. The molecule has 176 valence electrons. The molecule has 2 N–H and O–H groups in total. The van der Waals surface area contributed by atoms with Crippen molar-refractivity contribution in [2.75, 3.05) is 13.6 Å². The summed E-state index contributed by atoms with van der Waals surface area (Å²) in [5, 5.41) is 10.7. The second-order valence-electron chi connectivity index (χ2n) is 8.48. The Balaban J connectivity index is 1.43. The molecule has 0 radical (unpaired) electrons. The van der Waals surface area contributed by atoms with Gasteiger partial charge >= 0.3 is 0 Å². The average molecular weight is 480 g/mol. The topological polar surface area (TPSA) is 96.3 Å². The lowest BCUT2D eigenvalue weighted by molar-refractivity contribution is -0.132. The zero-order valence-electron chi connectivity index (χ0n) is 19.0. The fourth-order valence-electron chi connectivity index (χ4n) is 3.91. The number of fused-ring (bicyclic) bond motifs is 1. The fraction of sp³-hybridized carbons (Fsp3) is 0.280. The van der Waals surface area contributed by atoms with Crippen LogP contribution in [0.1, 0.15) is 39.0 Å². The number of rotatable bonds is 7. The second-order valence-corrected chi connectivity index (χ2v) is 8.88. The summed E-state index contributed by atoms with van der Waals surface area (Å²) in [5.41, 5.74) is 1.14. The number of carbonyl (C=O) groups excluding carboxylic acids is 3. The number of amides is 3. The molecule has 8 nitrogen and oxygen atoms in total. The first-order chi connectivity index (χ1) is 16.3. The molecule has 0 saturated heterocycles. The van der Waals surface area contributed by atoms with E-state index in [-0.39, 0.29) is 35.7 Å². The predicted octanol–water partition coefficient (Wildman–Crippen LogP) is 2.67. The number of halogens is 1. The van der Waals surface area contributed by atoms with Crippen LogP contribution in [-0.4, -0.2) is 51.5 Å². The molecule has 1 aliphatic rings. The Morgan fingerprint density at radius 1 is 1.09 bits per heavy atom. The molecule has 2 aromatic carbocycles. The molecule has 2 heterocycles. The summed E-state index contributed by atoms with van der Waals surface area (Å²) in [6, 6.07) is 18.5. The third-order valence-electron chi connectivity index (χ3n) is 6.16. The first-order valence-electron chi connectivity index (χ1n) is 11.0. The number of likely N-dealkylation sites (N-methyl/N-ethyl adjacent to an activating group) is 1. The third kappa shape index (κ3) is 4.68. The van der Waals surface area contributed by atoms with Gasteiger partial charge in [-0.25, -0.2) is 0 Å². The summed E-state index contributed by atoms with van der Waals surface area (Å²) in [6.07, 6.45) is 0.570. The van der Waals surface area contributed by atoms with Gasteiger partial charge in [-0.05, 0) is 30.5 Å². The molecule has 0 spiro atoms. The number of nitrogens with one attached hydrogen (secondary N) is 2. The number of nitrogens with zero attached hydrogens (tertiary/aromatic N) is 3. The van der Waals surface area contributed by atoms with Crippen molar-refractivity contribution in [1.29, 1.82) is 0 Å². The Kier molecular flexibility index (Phi) is 6.70. The molecule has 34 heavy (non-hydrogen) atoms. The maximum atomic E-state index is 13.1. The highest BCUT2D eigenvalue weighted by Gasteiger charge is 2.46. The first-order valence-corrected chi connectivity index (χ1v) is 11.4. The first kappa shape index (κ1) is 23.5. The molecule has 1 aliphatic heterocycles. The number of hydrogen-bond donors (Lipinski definition) is 2. The minimum absolute atomic E-state index is 0.129. The molecule has 0 unspecified atom stereocenters. The summed E-state index contributed by atoms with van der Waals surface area (Å²) in [6.45, 7) is 2.55. The predicted molar refractivity (Wildman–Crippen MR) is 129 cm³/mol. The molecule has 9 heteroatoms. The van der Waals surface area contributed by atoms with Crippen molar-refractivity contribution in [2.24, 2.45) is 0 Å². The average Bonchev–Trinajstić information content (AvgIpc) is 3.27. The normalized spacial score (nSPS) is 17.3. The lowest BCUT2D eigenvalue weighted by atomic mass is 9.96. The molecular weight excluding hydrogens is 454 g/mol. The van der Waals surface area contributed by atoms with E-state index < -0.39 is 5.54 Å². The van der Waals surface area contributed by atoms with Gasteiger partial charge in [0.2, 0.25) is 5.91 Å². The van der Waals surface area contributed by atoms with Gasteiger partial charge in [0, 0.05) is 31.2 Å². The van der Waals surface area contributed by atoms with Crippen LogP contribution in [0.15, 0.2) is 60.7 Å². The Bertz CT molecular complexity index is 1230. The van der Waals surface area contributed by atoms with E-state index in [0.29, 0.717) is 24.5 Å². The Labute approximate surface area is 202 Å². The van der Waals surface area contributed by atoms with Crippen LogP contribution in [0.2, 0.25) is 5.02 Å². The molecule has 0 aliphatic carbocycles. The van der Waals surface area contributed by atoms with Gasteiger partial charge in [0.25, 0.3) is 11.8 Å². The van der Waals surface area contributed by atoms with Gasteiger partial charge in [0.15, 0.2) is 5.69 Å². The Morgan fingerprint density at radius 3 is 2.53 bits per heavy atom. The molecule has 4 rings (SSSR count). The van der Waals surface area contributed by atoms with E-state index in [2.05, 4.69) is 15.7 Å². The summed E-state index contributed by atoms with van der Waals surface area (Å²) in [4.78, 5) is 40.2. The maximum Gasteiger partial charge on any atom is 0.272 e. The Hall–Kier alpha value is -3.65. The van der Waals surface area contributed by atoms with Crippen molar-refractivity contribution in [3.63, 3.8) is 0 Å². The van der Waals surface area contributed by atoms with E-state index >= 15 is 0 Å². The molecule has 1 atom stereocenters. The SMILES string of the molecule is CN1C(=O)c2cc(C(=O)NCCc3ccccc3Cl)nn2C[C@]1(C)C(=O)NCc1ccccc1.